The molecule has 0 atom stereocenters. The number of primary sulfonamides is 1. The first kappa shape index (κ1) is 14.9. The van der Waals surface area contributed by atoms with Gasteiger partial charge in [-0.05, 0) is 30.5 Å². The van der Waals surface area contributed by atoms with Gasteiger partial charge in [0.2, 0.25) is 20.0 Å². The molecule has 1 aromatic rings. The van der Waals surface area contributed by atoms with Crippen molar-refractivity contribution < 1.29 is 16.8 Å². The molecule has 18 heavy (non-hydrogen) atoms. The van der Waals surface area contributed by atoms with Crippen LogP contribution in [0.4, 0.5) is 5.69 Å². The van der Waals surface area contributed by atoms with Gasteiger partial charge in [0, 0.05) is 5.69 Å². The van der Waals surface area contributed by atoms with Crippen molar-refractivity contribution in [1.82, 2.24) is 0 Å². The van der Waals surface area contributed by atoms with E-state index < -0.39 is 20.0 Å². The molecule has 0 saturated carbocycles. The molecule has 0 fully saturated rings. The van der Waals surface area contributed by atoms with Gasteiger partial charge >= 0.3 is 0 Å². The molecule has 0 saturated heterocycles. The van der Waals surface area contributed by atoms with E-state index in [1.807, 2.05) is 0 Å². The number of aryl methyl sites for hydroxylation is 1. The van der Waals surface area contributed by atoms with Gasteiger partial charge in [-0.3, -0.25) is 4.72 Å². The maximum Gasteiger partial charge on any atom is 0.229 e. The van der Waals surface area contributed by atoms with Gasteiger partial charge < -0.3 is 0 Å². The highest BCUT2D eigenvalue weighted by atomic mass is 32.2. The van der Waals surface area contributed by atoms with Crippen LogP contribution >= 0.6 is 0 Å². The molecule has 0 aromatic heterocycles. The molecule has 0 unspecified atom stereocenters. The summed E-state index contributed by atoms with van der Waals surface area (Å²) in [5.41, 5.74) is 1.41. The Morgan fingerprint density at radius 3 is 2.11 bits per heavy atom. The van der Waals surface area contributed by atoms with Crippen molar-refractivity contribution in [2.24, 2.45) is 5.14 Å². The molecule has 0 radical (unpaired) electrons. The van der Waals surface area contributed by atoms with Crippen LogP contribution in [0.3, 0.4) is 0 Å². The third kappa shape index (κ3) is 6.58. The van der Waals surface area contributed by atoms with E-state index in [0.717, 1.165) is 11.8 Å². The molecule has 0 bridgehead atoms. The van der Waals surface area contributed by atoms with Gasteiger partial charge in [0.05, 0.1) is 12.0 Å². The van der Waals surface area contributed by atoms with Gasteiger partial charge in [-0.2, -0.15) is 0 Å². The highest BCUT2D eigenvalue weighted by Gasteiger charge is 2.04. The fourth-order valence-corrected chi connectivity index (χ4v) is 2.54. The molecule has 6 nitrogen and oxygen atoms in total. The van der Waals surface area contributed by atoms with Crippen molar-refractivity contribution in [3.63, 3.8) is 0 Å². The normalized spacial score (nSPS) is 12.3. The molecule has 1 aromatic carbocycles. The van der Waals surface area contributed by atoms with Crippen molar-refractivity contribution in [2.75, 3.05) is 16.7 Å². The molecule has 102 valence electrons. The van der Waals surface area contributed by atoms with Crippen molar-refractivity contribution in [1.29, 1.82) is 0 Å². The van der Waals surface area contributed by atoms with Gasteiger partial charge in [-0.25, -0.2) is 22.0 Å². The monoisotopic (exact) mass is 292 g/mol. The van der Waals surface area contributed by atoms with Crippen molar-refractivity contribution in [2.45, 2.75) is 12.8 Å². The molecule has 0 amide bonds. The van der Waals surface area contributed by atoms with E-state index in [4.69, 9.17) is 5.14 Å². The largest absolute Gasteiger partial charge is 0.284 e. The Labute approximate surface area is 107 Å². The Morgan fingerprint density at radius 1 is 1.11 bits per heavy atom. The van der Waals surface area contributed by atoms with Crippen molar-refractivity contribution in [3.8, 4) is 0 Å². The SMILES string of the molecule is CS(=O)(=O)Nc1ccc(CCCS(N)(=O)=O)cc1. The summed E-state index contributed by atoms with van der Waals surface area (Å²) in [6, 6.07) is 6.76. The maximum absolute atomic E-state index is 11.0. The summed E-state index contributed by atoms with van der Waals surface area (Å²) < 4.78 is 45.8. The molecule has 0 aliphatic heterocycles. The van der Waals surface area contributed by atoms with Gasteiger partial charge in [-0.15, -0.1) is 0 Å². The van der Waals surface area contributed by atoms with E-state index >= 15 is 0 Å². The van der Waals surface area contributed by atoms with Crippen LogP contribution in [0, 0.1) is 0 Å². The predicted molar refractivity (Wildman–Crippen MR) is 71.2 cm³/mol. The highest BCUT2D eigenvalue weighted by molar-refractivity contribution is 7.92. The lowest BCUT2D eigenvalue weighted by Gasteiger charge is -2.05. The predicted octanol–water partition coefficient (Wildman–Crippen LogP) is 0.279. The smallest absolute Gasteiger partial charge is 0.229 e. The van der Waals surface area contributed by atoms with Gasteiger partial charge in [0.25, 0.3) is 0 Å². The summed E-state index contributed by atoms with van der Waals surface area (Å²) in [4.78, 5) is 0. The van der Waals surface area contributed by atoms with Crippen LogP contribution in [0.1, 0.15) is 12.0 Å². The topological polar surface area (TPSA) is 106 Å². The zero-order chi connectivity index (χ0) is 13.8. The lowest BCUT2D eigenvalue weighted by Crippen LogP contribution is -2.16. The van der Waals surface area contributed by atoms with Crippen molar-refractivity contribution >= 4 is 25.7 Å². The number of hydrogen-bond acceptors (Lipinski definition) is 4. The Bertz CT molecular complexity index is 591. The van der Waals surface area contributed by atoms with E-state index in [1.54, 1.807) is 24.3 Å². The first-order valence-electron chi connectivity index (χ1n) is 5.23. The lowest BCUT2D eigenvalue weighted by molar-refractivity contribution is 0.594. The minimum absolute atomic E-state index is 0.0592. The average molecular weight is 292 g/mol. The molecule has 0 heterocycles. The summed E-state index contributed by atoms with van der Waals surface area (Å²) >= 11 is 0. The Hall–Kier alpha value is -1.12. The minimum atomic E-state index is -3.42. The summed E-state index contributed by atoms with van der Waals surface area (Å²) in [5.74, 6) is -0.0592. The number of benzene rings is 1. The van der Waals surface area contributed by atoms with E-state index in [0.29, 0.717) is 18.5 Å². The van der Waals surface area contributed by atoms with Crippen LogP contribution in [0.2, 0.25) is 0 Å². The molecular weight excluding hydrogens is 276 g/mol. The van der Waals surface area contributed by atoms with Crippen molar-refractivity contribution in [3.05, 3.63) is 29.8 Å². The minimum Gasteiger partial charge on any atom is -0.284 e. The maximum atomic E-state index is 11.0. The molecule has 3 N–H and O–H groups in total. The third-order valence-corrected chi connectivity index (χ3v) is 3.62. The summed E-state index contributed by atoms with van der Waals surface area (Å²) in [7, 11) is -6.69. The van der Waals surface area contributed by atoms with Crippen LogP contribution in [0.15, 0.2) is 24.3 Å². The zero-order valence-electron chi connectivity index (χ0n) is 9.96. The van der Waals surface area contributed by atoms with Crippen LogP contribution in [0.5, 0.6) is 0 Å². The lowest BCUT2D eigenvalue weighted by atomic mass is 10.1. The second kappa shape index (κ2) is 5.68. The van der Waals surface area contributed by atoms with E-state index in [2.05, 4.69) is 4.72 Å². The quantitative estimate of drug-likeness (QED) is 0.785. The van der Waals surface area contributed by atoms with Gasteiger partial charge in [0.15, 0.2) is 0 Å². The van der Waals surface area contributed by atoms with E-state index in [1.165, 1.54) is 0 Å². The van der Waals surface area contributed by atoms with Gasteiger partial charge in [0.1, 0.15) is 0 Å². The van der Waals surface area contributed by atoms with E-state index in [9.17, 15) is 16.8 Å². The molecule has 0 spiro atoms. The fourth-order valence-electron chi connectivity index (χ4n) is 1.43. The van der Waals surface area contributed by atoms with E-state index in [-0.39, 0.29) is 5.75 Å². The highest BCUT2D eigenvalue weighted by Crippen LogP contribution is 2.12. The van der Waals surface area contributed by atoms with Crippen LogP contribution in [-0.2, 0) is 26.5 Å². The second-order valence-electron chi connectivity index (χ2n) is 4.04. The second-order valence-corrected chi connectivity index (χ2v) is 7.52. The van der Waals surface area contributed by atoms with Crippen LogP contribution in [0.25, 0.3) is 0 Å². The summed E-state index contributed by atoms with van der Waals surface area (Å²) in [5, 5.41) is 4.89. The molecule has 0 aliphatic carbocycles. The average Bonchev–Trinajstić information content (AvgIpc) is 2.16. The number of sulfonamides is 2. The van der Waals surface area contributed by atoms with Crippen LogP contribution in [-0.4, -0.2) is 28.8 Å². The summed E-state index contributed by atoms with van der Waals surface area (Å²) in [6.45, 7) is 0. The number of hydrogen-bond donors (Lipinski definition) is 2. The Kier molecular flexibility index (Phi) is 4.71. The zero-order valence-corrected chi connectivity index (χ0v) is 11.6. The number of nitrogens with one attached hydrogen (secondary N) is 1. The first-order valence-corrected chi connectivity index (χ1v) is 8.84. The molecule has 1 rings (SSSR count). The summed E-state index contributed by atoms with van der Waals surface area (Å²) in [6.07, 6.45) is 2.10. The number of rotatable bonds is 6. The van der Waals surface area contributed by atoms with Crippen LogP contribution < -0.4 is 9.86 Å². The Morgan fingerprint density at radius 2 is 1.67 bits per heavy atom. The fraction of sp³-hybridized carbons (Fsp3) is 0.400. The molecular formula is C10H16N2O4S2. The Balaban J connectivity index is 2.56. The third-order valence-electron chi connectivity index (χ3n) is 2.15. The number of nitrogens with two attached hydrogens (primary N) is 1. The molecule has 8 heteroatoms. The molecule has 0 aliphatic rings. The van der Waals surface area contributed by atoms with Gasteiger partial charge in [-0.1, -0.05) is 12.1 Å². The number of anilines is 1. The first-order chi connectivity index (χ1) is 8.16. The standard InChI is InChI=1S/C10H16N2O4S2/c1-17(13,14)12-10-6-4-9(5-7-10)3-2-8-18(11,15)16/h4-7,12H,2-3,8H2,1H3,(H2,11,15,16).